The highest BCUT2D eigenvalue weighted by molar-refractivity contribution is 6.31. The first kappa shape index (κ1) is 23.6. The van der Waals surface area contributed by atoms with Crippen molar-refractivity contribution < 1.29 is 23.8 Å². The molecule has 0 radical (unpaired) electrons. The Morgan fingerprint density at radius 3 is 2.32 bits per heavy atom. The van der Waals surface area contributed by atoms with Gasteiger partial charge in [-0.25, -0.2) is 0 Å². The van der Waals surface area contributed by atoms with Crippen molar-refractivity contribution in [2.75, 3.05) is 20.8 Å². The maximum absolute atomic E-state index is 13.9. The minimum absolute atomic E-state index is 0.170. The zero-order chi connectivity index (χ0) is 24.4. The fourth-order valence-electron chi connectivity index (χ4n) is 4.46. The summed E-state index contributed by atoms with van der Waals surface area (Å²) in [6.07, 6.45) is 0.644. The van der Waals surface area contributed by atoms with Gasteiger partial charge in [0.05, 0.1) is 20.3 Å². The summed E-state index contributed by atoms with van der Waals surface area (Å²) in [6, 6.07) is 16.1. The minimum atomic E-state index is -0.436. The summed E-state index contributed by atoms with van der Waals surface area (Å²) < 4.78 is 16.4. The minimum Gasteiger partial charge on any atom is -0.493 e. The average molecular weight is 480 g/mol. The van der Waals surface area contributed by atoms with E-state index in [9.17, 15) is 9.59 Å². The van der Waals surface area contributed by atoms with Gasteiger partial charge in [-0.2, -0.15) is 0 Å². The number of hydrogen-bond donors (Lipinski definition) is 0. The van der Waals surface area contributed by atoms with E-state index < -0.39 is 12.0 Å². The Hall–Kier alpha value is -3.51. The number of esters is 1. The highest BCUT2D eigenvalue weighted by atomic mass is 35.5. The van der Waals surface area contributed by atoms with Crippen molar-refractivity contribution in [2.45, 2.75) is 26.3 Å². The monoisotopic (exact) mass is 479 g/mol. The van der Waals surface area contributed by atoms with Gasteiger partial charge < -0.3 is 19.1 Å². The van der Waals surface area contributed by atoms with Crippen LogP contribution in [0.2, 0.25) is 5.02 Å². The average Bonchev–Trinajstić information content (AvgIpc) is 2.83. The number of benzene rings is 3. The fourth-order valence-corrected chi connectivity index (χ4v) is 4.70. The zero-order valence-corrected chi connectivity index (χ0v) is 20.3. The molecule has 7 heteroatoms. The molecule has 4 rings (SSSR count). The van der Waals surface area contributed by atoms with Gasteiger partial charge in [0.15, 0.2) is 11.5 Å². The van der Waals surface area contributed by atoms with Crippen LogP contribution < -0.4 is 14.2 Å². The number of fused-ring (bicyclic) bond motifs is 1. The molecule has 0 N–H and O–H groups in total. The van der Waals surface area contributed by atoms with Gasteiger partial charge >= 0.3 is 5.97 Å². The topological polar surface area (TPSA) is 65.1 Å². The Bertz CT molecular complexity index is 1260. The van der Waals surface area contributed by atoms with Crippen LogP contribution in [0.5, 0.6) is 17.2 Å². The SMILES string of the molecule is COc1cc2c(cc1OC)[C@@H](c1ccccc1Cl)N(C(=O)c1cccc(OC(C)=O)c1C)CC2. The molecule has 1 atom stereocenters. The van der Waals surface area contributed by atoms with E-state index in [1.807, 2.05) is 41.3 Å². The lowest BCUT2D eigenvalue weighted by atomic mass is 9.87. The first-order valence-electron chi connectivity index (χ1n) is 10.9. The molecular weight excluding hydrogens is 454 g/mol. The van der Waals surface area contributed by atoms with Gasteiger partial charge in [-0.1, -0.05) is 35.9 Å². The van der Waals surface area contributed by atoms with Crippen molar-refractivity contribution in [3.05, 3.63) is 87.4 Å². The van der Waals surface area contributed by atoms with Gasteiger partial charge in [0.2, 0.25) is 0 Å². The molecule has 0 saturated heterocycles. The van der Waals surface area contributed by atoms with E-state index in [0.717, 1.165) is 16.7 Å². The zero-order valence-electron chi connectivity index (χ0n) is 19.6. The maximum Gasteiger partial charge on any atom is 0.308 e. The van der Waals surface area contributed by atoms with Crippen molar-refractivity contribution in [3.63, 3.8) is 0 Å². The predicted molar refractivity (Wildman–Crippen MR) is 130 cm³/mol. The van der Waals surface area contributed by atoms with Crippen LogP contribution in [0.1, 0.15) is 45.6 Å². The van der Waals surface area contributed by atoms with E-state index in [4.69, 9.17) is 25.8 Å². The highest BCUT2D eigenvalue weighted by Gasteiger charge is 2.35. The summed E-state index contributed by atoms with van der Waals surface area (Å²) in [5.41, 5.74) is 3.90. The lowest BCUT2D eigenvalue weighted by Crippen LogP contribution is -2.41. The Balaban J connectivity index is 1.86. The number of carbonyl (C=O) groups is 2. The lowest BCUT2D eigenvalue weighted by Gasteiger charge is -2.39. The number of amides is 1. The molecule has 0 saturated carbocycles. The number of rotatable bonds is 5. The van der Waals surface area contributed by atoms with Gasteiger partial charge in [0.25, 0.3) is 5.91 Å². The Labute approximate surface area is 204 Å². The molecule has 0 bridgehead atoms. The summed E-state index contributed by atoms with van der Waals surface area (Å²) in [4.78, 5) is 27.3. The summed E-state index contributed by atoms with van der Waals surface area (Å²) in [6.45, 7) is 3.60. The van der Waals surface area contributed by atoms with Gasteiger partial charge in [0.1, 0.15) is 5.75 Å². The molecule has 0 fully saturated rings. The fraction of sp³-hybridized carbons (Fsp3) is 0.259. The molecular formula is C27H26ClNO5. The van der Waals surface area contributed by atoms with Crippen molar-refractivity contribution >= 4 is 23.5 Å². The first-order chi connectivity index (χ1) is 16.3. The second-order valence-corrected chi connectivity index (χ2v) is 8.51. The number of halogens is 1. The molecule has 0 aliphatic carbocycles. The van der Waals surface area contributed by atoms with Crippen LogP contribution >= 0.6 is 11.6 Å². The molecule has 1 aliphatic rings. The first-order valence-corrected chi connectivity index (χ1v) is 11.3. The quantitative estimate of drug-likeness (QED) is 0.363. The summed E-state index contributed by atoms with van der Waals surface area (Å²) in [5, 5.41) is 0.568. The van der Waals surface area contributed by atoms with Gasteiger partial charge in [-0.15, -0.1) is 0 Å². The van der Waals surface area contributed by atoms with Gasteiger partial charge in [-0.3, -0.25) is 9.59 Å². The number of carbonyl (C=O) groups excluding carboxylic acids is 2. The molecule has 176 valence electrons. The second-order valence-electron chi connectivity index (χ2n) is 8.10. The van der Waals surface area contributed by atoms with Crippen LogP contribution in [-0.4, -0.2) is 37.5 Å². The van der Waals surface area contributed by atoms with Crippen LogP contribution in [-0.2, 0) is 11.2 Å². The second kappa shape index (κ2) is 9.77. The molecule has 3 aromatic carbocycles. The van der Waals surface area contributed by atoms with Crippen molar-refractivity contribution in [1.82, 2.24) is 4.90 Å². The van der Waals surface area contributed by atoms with Crippen LogP contribution in [0.3, 0.4) is 0 Å². The van der Waals surface area contributed by atoms with Crippen LogP contribution in [0.15, 0.2) is 54.6 Å². The van der Waals surface area contributed by atoms with Crippen LogP contribution in [0.4, 0.5) is 0 Å². The Kier molecular flexibility index (Phi) is 6.80. The summed E-state index contributed by atoms with van der Waals surface area (Å²) in [7, 11) is 3.19. The molecule has 0 aromatic heterocycles. The van der Waals surface area contributed by atoms with Crippen molar-refractivity contribution in [3.8, 4) is 17.2 Å². The van der Waals surface area contributed by atoms with Crippen LogP contribution in [0.25, 0.3) is 0 Å². The van der Waals surface area contributed by atoms with E-state index >= 15 is 0 Å². The van der Waals surface area contributed by atoms with E-state index in [0.29, 0.717) is 46.4 Å². The third-order valence-corrected chi connectivity index (χ3v) is 6.45. The number of methoxy groups -OCH3 is 2. The van der Waals surface area contributed by atoms with E-state index in [1.165, 1.54) is 6.92 Å². The van der Waals surface area contributed by atoms with Gasteiger partial charge in [-0.05, 0) is 60.4 Å². The third kappa shape index (κ3) is 4.33. The van der Waals surface area contributed by atoms with Crippen LogP contribution in [0, 0.1) is 6.92 Å². The van der Waals surface area contributed by atoms with E-state index in [1.54, 1.807) is 39.3 Å². The standard InChI is InChI=1S/C27H26ClNO5/c1-16-19(9-7-11-23(16)34-17(2)30)27(31)29-13-12-18-14-24(32-3)25(33-4)15-21(18)26(29)20-8-5-6-10-22(20)28/h5-11,14-15,26H,12-13H2,1-4H3/t26-/m1/s1. The molecule has 0 unspecified atom stereocenters. The largest absolute Gasteiger partial charge is 0.493 e. The molecule has 1 amide bonds. The molecule has 0 spiro atoms. The molecule has 34 heavy (non-hydrogen) atoms. The van der Waals surface area contributed by atoms with Crippen molar-refractivity contribution in [1.29, 1.82) is 0 Å². The Morgan fingerprint density at radius 2 is 1.65 bits per heavy atom. The predicted octanol–water partition coefficient (Wildman–Crippen LogP) is 5.38. The number of nitrogens with zero attached hydrogens (tertiary/aromatic N) is 1. The molecule has 1 aliphatic heterocycles. The summed E-state index contributed by atoms with van der Waals surface area (Å²) >= 11 is 6.63. The lowest BCUT2D eigenvalue weighted by molar-refractivity contribution is -0.131. The third-order valence-electron chi connectivity index (χ3n) is 6.10. The van der Waals surface area contributed by atoms with E-state index in [-0.39, 0.29) is 5.91 Å². The smallest absolute Gasteiger partial charge is 0.308 e. The Morgan fingerprint density at radius 1 is 0.941 bits per heavy atom. The molecule has 3 aromatic rings. The summed E-state index contributed by atoms with van der Waals surface area (Å²) in [5.74, 6) is 0.993. The van der Waals surface area contributed by atoms with Gasteiger partial charge in [0, 0.05) is 29.6 Å². The molecule has 6 nitrogen and oxygen atoms in total. The van der Waals surface area contributed by atoms with E-state index in [2.05, 4.69) is 0 Å². The molecule has 1 heterocycles. The normalized spacial score (nSPS) is 14.9. The highest BCUT2D eigenvalue weighted by Crippen LogP contribution is 2.43. The van der Waals surface area contributed by atoms with Crippen molar-refractivity contribution in [2.24, 2.45) is 0 Å². The number of ether oxygens (including phenoxy) is 3. The number of hydrogen-bond acceptors (Lipinski definition) is 5. The maximum atomic E-state index is 13.9.